The maximum Gasteiger partial charge on any atom is 0.241 e. The zero-order chi connectivity index (χ0) is 20.8. The van der Waals surface area contributed by atoms with Crippen LogP contribution in [0.5, 0.6) is 5.75 Å². The third-order valence-electron chi connectivity index (χ3n) is 4.08. The maximum atomic E-state index is 12.6. The molecule has 0 saturated carbocycles. The molecule has 2 amide bonds. The fourth-order valence-corrected chi connectivity index (χ4v) is 3.04. The number of para-hydroxylation sites is 1. The van der Waals surface area contributed by atoms with E-state index in [0.717, 1.165) is 0 Å². The summed E-state index contributed by atoms with van der Waals surface area (Å²) in [6.45, 7) is 1.64. The summed E-state index contributed by atoms with van der Waals surface area (Å²) in [7, 11) is 3.16. The van der Waals surface area contributed by atoms with Gasteiger partial charge in [0.15, 0.2) is 0 Å². The predicted octanol–water partition coefficient (Wildman–Crippen LogP) is 4.55. The molecule has 0 aliphatic rings. The largest absolute Gasteiger partial charge is 0.495 e. The van der Waals surface area contributed by atoms with Gasteiger partial charge in [-0.15, -0.1) is 0 Å². The van der Waals surface area contributed by atoms with Gasteiger partial charge in [-0.25, -0.2) is 0 Å². The molecule has 1 unspecified atom stereocenters. The number of ether oxygens (including phenoxy) is 1. The number of rotatable bonds is 7. The summed E-state index contributed by atoms with van der Waals surface area (Å²) in [4.78, 5) is 26.5. The van der Waals surface area contributed by atoms with Crippen LogP contribution < -0.4 is 15.4 Å². The molecule has 2 aromatic rings. The molecule has 6 nitrogen and oxygen atoms in total. The number of anilines is 2. The van der Waals surface area contributed by atoms with Gasteiger partial charge in [0.05, 0.1) is 41.1 Å². The average Bonchev–Trinajstić information content (AvgIpc) is 2.64. The molecular formula is C19H20Cl3N3O3. The van der Waals surface area contributed by atoms with E-state index in [2.05, 4.69) is 10.6 Å². The summed E-state index contributed by atoms with van der Waals surface area (Å²) in [5.74, 6) is -0.178. The predicted molar refractivity (Wildman–Crippen MR) is 114 cm³/mol. The molecule has 0 heterocycles. The third-order valence-corrected chi connectivity index (χ3v) is 4.95. The smallest absolute Gasteiger partial charge is 0.241 e. The summed E-state index contributed by atoms with van der Waals surface area (Å²) in [5.41, 5.74) is 0.789. The molecule has 0 aromatic heterocycles. The molecule has 0 aliphatic heterocycles. The normalized spacial score (nSPS) is 11.8. The Kier molecular flexibility index (Phi) is 7.95. The van der Waals surface area contributed by atoms with Crippen molar-refractivity contribution in [3.63, 3.8) is 0 Å². The van der Waals surface area contributed by atoms with E-state index in [4.69, 9.17) is 39.5 Å². The fraction of sp³-hybridized carbons (Fsp3) is 0.263. The van der Waals surface area contributed by atoms with E-state index in [1.165, 1.54) is 7.11 Å². The van der Waals surface area contributed by atoms with E-state index in [1.807, 2.05) is 0 Å². The highest BCUT2D eigenvalue weighted by atomic mass is 35.5. The second-order valence-corrected chi connectivity index (χ2v) is 7.32. The van der Waals surface area contributed by atoms with E-state index in [-0.39, 0.29) is 18.4 Å². The lowest BCUT2D eigenvalue weighted by atomic mass is 10.2. The number of amides is 2. The zero-order valence-corrected chi connectivity index (χ0v) is 17.8. The molecular weight excluding hydrogens is 425 g/mol. The van der Waals surface area contributed by atoms with E-state index in [0.29, 0.717) is 32.2 Å². The summed E-state index contributed by atoms with van der Waals surface area (Å²) in [6.07, 6.45) is 0. The van der Waals surface area contributed by atoms with E-state index >= 15 is 0 Å². The lowest BCUT2D eigenvalue weighted by Crippen LogP contribution is -2.43. The minimum absolute atomic E-state index is 0.0389. The van der Waals surface area contributed by atoms with Gasteiger partial charge >= 0.3 is 0 Å². The van der Waals surface area contributed by atoms with Gasteiger partial charge in [-0.1, -0.05) is 40.9 Å². The van der Waals surface area contributed by atoms with Gasteiger partial charge in [0.2, 0.25) is 11.8 Å². The zero-order valence-electron chi connectivity index (χ0n) is 15.6. The Morgan fingerprint density at radius 3 is 2.36 bits per heavy atom. The van der Waals surface area contributed by atoms with Gasteiger partial charge in [0.25, 0.3) is 0 Å². The number of benzene rings is 2. The fourth-order valence-electron chi connectivity index (χ4n) is 2.37. The first-order chi connectivity index (χ1) is 13.2. The van der Waals surface area contributed by atoms with Crippen LogP contribution in [0, 0.1) is 0 Å². The number of methoxy groups -OCH3 is 1. The molecule has 2 N–H and O–H groups in total. The molecule has 1 atom stereocenters. The van der Waals surface area contributed by atoms with Crippen molar-refractivity contribution >= 4 is 58.0 Å². The minimum atomic E-state index is -0.601. The highest BCUT2D eigenvalue weighted by Crippen LogP contribution is 2.30. The van der Waals surface area contributed by atoms with Crippen LogP contribution in [0.3, 0.4) is 0 Å². The first-order valence-electron chi connectivity index (χ1n) is 8.31. The van der Waals surface area contributed by atoms with Crippen LogP contribution in [0.4, 0.5) is 11.4 Å². The first kappa shape index (κ1) is 22.3. The number of likely N-dealkylation sites (N-methyl/N-ethyl adjacent to an activating group) is 1. The van der Waals surface area contributed by atoms with Crippen molar-refractivity contribution in [2.45, 2.75) is 13.0 Å². The lowest BCUT2D eigenvalue weighted by molar-refractivity contribution is -0.122. The van der Waals surface area contributed by atoms with Crippen molar-refractivity contribution in [3.05, 3.63) is 51.5 Å². The van der Waals surface area contributed by atoms with Crippen molar-refractivity contribution in [2.24, 2.45) is 0 Å². The second kappa shape index (κ2) is 9.98. The Bertz CT molecular complexity index is 856. The first-order valence-corrected chi connectivity index (χ1v) is 9.44. The molecule has 0 aliphatic carbocycles. The van der Waals surface area contributed by atoms with Crippen molar-refractivity contribution < 1.29 is 14.3 Å². The van der Waals surface area contributed by atoms with Crippen LogP contribution in [-0.4, -0.2) is 43.5 Å². The van der Waals surface area contributed by atoms with Crippen LogP contribution in [0.1, 0.15) is 6.92 Å². The Labute approximate surface area is 178 Å². The van der Waals surface area contributed by atoms with Gasteiger partial charge in [-0.2, -0.15) is 0 Å². The Morgan fingerprint density at radius 2 is 1.75 bits per heavy atom. The quantitative estimate of drug-likeness (QED) is 0.657. The van der Waals surface area contributed by atoms with Gasteiger partial charge in [-0.3, -0.25) is 14.5 Å². The summed E-state index contributed by atoms with van der Waals surface area (Å²) < 4.78 is 5.22. The van der Waals surface area contributed by atoms with Gasteiger partial charge in [0.1, 0.15) is 5.75 Å². The lowest BCUT2D eigenvalue weighted by Gasteiger charge is -2.24. The number of nitrogens with one attached hydrogen (secondary N) is 2. The number of hydrogen-bond acceptors (Lipinski definition) is 4. The molecule has 28 heavy (non-hydrogen) atoms. The Hall–Kier alpha value is -1.99. The SMILES string of the molecule is COc1ccc(Cl)cc1NC(=O)C(C)N(C)CC(=O)Nc1c(Cl)cccc1Cl. The van der Waals surface area contributed by atoms with Crippen LogP contribution in [0.25, 0.3) is 0 Å². The second-order valence-electron chi connectivity index (χ2n) is 6.07. The molecule has 0 bridgehead atoms. The number of hydrogen-bond donors (Lipinski definition) is 2. The molecule has 0 radical (unpaired) electrons. The van der Waals surface area contributed by atoms with Crippen molar-refractivity contribution in [3.8, 4) is 5.75 Å². The van der Waals surface area contributed by atoms with Gasteiger partial charge < -0.3 is 15.4 Å². The molecule has 9 heteroatoms. The summed E-state index contributed by atoms with van der Waals surface area (Å²) >= 11 is 18.1. The molecule has 150 valence electrons. The third kappa shape index (κ3) is 5.75. The highest BCUT2D eigenvalue weighted by molar-refractivity contribution is 6.39. The summed E-state index contributed by atoms with van der Waals surface area (Å²) in [5, 5.41) is 6.56. The van der Waals surface area contributed by atoms with Crippen LogP contribution in [-0.2, 0) is 9.59 Å². The molecule has 2 aromatic carbocycles. The van der Waals surface area contributed by atoms with Crippen molar-refractivity contribution in [2.75, 3.05) is 31.3 Å². The molecule has 0 saturated heterocycles. The standard InChI is InChI=1S/C19H20Cl3N3O3/c1-11(19(27)23-15-9-12(20)7-8-16(15)28-3)25(2)10-17(26)24-18-13(21)5-4-6-14(18)22/h4-9,11H,10H2,1-3H3,(H,23,27)(H,24,26). The molecule has 0 spiro atoms. The van der Waals surface area contributed by atoms with Crippen LogP contribution >= 0.6 is 34.8 Å². The number of carbonyl (C=O) groups excluding carboxylic acids is 2. The number of halogens is 3. The highest BCUT2D eigenvalue weighted by Gasteiger charge is 2.22. The van der Waals surface area contributed by atoms with E-state index in [1.54, 1.807) is 55.3 Å². The Morgan fingerprint density at radius 1 is 1.11 bits per heavy atom. The van der Waals surface area contributed by atoms with Gasteiger partial charge in [-0.05, 0) is 44.3 Å². The monoisotopic (exact) mass is 443 g/mol. The number of carbonyl (C=O) groups is 2. The van der Waals surface area contributed by atoms with Crippen LogP contribution in [0.2, 0.25) is 15.1 Å². The summed E-state index contributed by atoms with van der Waals surface area (Å²) in [6, 6.07) is 9.25. The maximum absolute atomic E-state index is 12.6. The van der Waals surface area contributed by atoms with Crippen LogP contribution in [0.15, 0.2) is 36.4 Å². The van der Waals surface area contributed by atoms with Gasteiger partial charge in [0, 0.05) is 5.02 Å². The molecule has 0 fully saturated rings. The average molecular weight is 445 g/mol. The Balaban J connectivity index is 2.00. The van der Waals surface area contributed by atoms with E-state index < -0.39 is 6.04 Å². The molecule has 2 rings (SSSR count). The van der Waals surface area contributed by atoms with Crippen molar-refractivity contribution in [1.82, 2.24) is 4.90 Å². The minimum Gasteiger partial charge on any atom is -0.495 e. The number of nitrogens with zero attached hydrogens (tertiary/aromatic N) is 1. The van der Waals surface area contributed by atoms with Crippen molar-refractivity contribution in [1.29, 1.82) is 0 Å². The van der Waals surface area contributed by atoms with E-state index in [9.17, 15) is 9.59 Å². The topological polar surface area (TPSA) is 70.7 Å².